The molecule has 5 aliphatic rings. The van der Waals surface area contributed by atoms with Crippen LogP contribution in [0.25, 0.3) is 0 Å². The number of allylic oxidation sites excluding steroid dienone is 1. The van der Waals surface area contributed by atoms with E-state index in [-0.39, 0.29) is 51.0 Å². The third-order valence-corrected chi connectivity index (χ3v) is 15.0. The molecule has 0 radical (unpaired) electrons. The monoisotopic (exact) mass is 590 g/mol. The van der Waals surface area contributed by atoms with Gasteiger partial charge >= 0.3 is 11.9 Å². The number of hydrogen-bond donors (Lipinski definition) is 0. The van der Waals surface area contributed by atoms with Crippen molar-refractivity contribution in [2.75, 3.05) is 7.11 Å². The van der Waals surface area contributed by atoms with Crippen molar-refractivity contribution < 1.29 is 23.6 Å². The maximum Gasteiger partial charge on any atom is 0.312 e. The van der Waals surface area contributed by atoms with Crippen LogP contribution in [0.15, 0.2) is 42.7 Å². The molecule has 43 heavy (non-hydrogen) atoms. The van der Waals surface area contributed by atoms with E-state index < -0.39 is 0 Å². The Bertz CT molecular complexity index is 1270. The van der Waals surface area contributed by atoms with Gasteiger partial charge in [0.05, 0.1) is 12.5 Å². The molecule has 5 heteroatoms. The molecule has 1 aromatic rings. The second-order valence-corrected chi connectivity index (χ2v) is 16.7. The molecule has 1 heterocycles. The molecule has 6 rings (SSSR count). The van der Waals surface area contributed by atoms with Gasteiger partial charge in [-0.05, 0) is 116 Å². The summed E-state index contributed by atoms with van der Waals surface area (Å²) in [6.45, 7) is 19.6. The number of ether oxygens (including phenoxy) is 2. The molecule has 0 N–H and O–H groups in total. The number of esters is 2. The summed E-state index contributed by atoms with van der Waals surface area (Å²) < 4.78 is 13.8. The third-order valence-electron chi connectivity index (χ3n) is 15.0. The Morgan fingerprint density at radius 1 is 0.837 bits per heavy atom. The maximum atomic E-state index is 13.8. The highest BCUT2D eigenvalue weighted by atomic mass is 16.5. The van der Waals surface area contributed by atoms with Crippen molar-refractivity contribution in [3.05, 3.63) is 42.7 Å². The van der Waals surface area contributed by atoms with Crippen molar-refractivity contribution in [2.45, 2.75) is 118 Å². The minimum Gasteiger partial charge on any atom is -0.469 e. The predicted octanol–water partition coefficient (Wildman–Crippen LogP) is 7.72. The summed E-state index contributed by atoms with van der Waals surface area (Å²) in [4.78, 5) is 25.8. The number of nitrogens with zero attached hydrogens (tertiary/aromatic N) is 1. The smallest absolute Gasteiger partial charge is 0.312 e. The molecule has 5 nitrogen and oxygen atoms in total. The average molecular weight is 591 g/mol. The van der Waals surface area contributed by atoms with Crippen LogP contribution in [-0.2, 0) is 25.6 Å². The van der Waals surface area contributed by atoms with Crippen LogP contribution < -0.4 is 4.57 Å². The van der Waals surface area contributed by atoms with Crippen LogP contribution in [-0.4, -0.2) is 25.2 Å². The molecule has 0 saturated heterocycles. The zero-order valence-corrected chi connectivity index (χ0v) is 27.9. The minimum absolute atomic E-state index is 0.00227. The van der Waals surface area contributed by atoms with Crippen molar-refractivity contribution in [3.63, 3.8) is 0 Å². The van der Waals surface area contributed by atoms with Crippen LogP contribution in [0.1, 0.15) is 106 Å². The standard InChI is InChI=1S/C38H56NO4/c1-25(24-39-22-10-9-11-23-39)27-14-19-38(33(41)42-8)21-20-36(6)28(32(27)38)12-13-30-35(5)17-16-31(43-26(2)40)34(3,4)29(35)15-18-37(30,36)7/h9-11,22-23,27-32H,1,12-21,24H2,2-8H3/q+1/t27-,28+,29-,30+,31-,32+,35-,36+,37+,38-/m0/s1. The van der Waals surface area contributed by atoms with Gasteiger partial charge in [0.15, 0.2) is 18.9 Å². The molecule has 0 aliphatic heterocycles. The van der Waals surface area contributed by atoms with E-state index in [4.69, 9.17) is 16.1 Å². The first-order chi connectivity index (χ1) is 20.2. The largest absolute Gasteiger partial charge is 0.469 e. The highest BCUT2D eigenvalue weighted by Crippen LogP contribution is 2.77. The molecule has 236 valence electrons. The SMILES string of the molecule is C=C(C[n+]1ccccc1)[C@@H]1CC[C@]2(C(=O)OC)CC[C@]3(C)[C@H](CC[C@@H]4[C@@]5(C)CC[C@H](OC(C)=O)C(C)(C)[C@@H]5CC[C@]43C)[C@@H]12. The van der Waals surface area contributed by atoms with Crippen molar-refractivity contribution >= 4 is 11.9 Å². The predicted molar refractivity (Wildman–Crippen MR) is 168 cm³/mol. The molecular weight excluding hydrogens is 534 g/mol. The topological polar surface area (TPSA) is 56.5 Å². The molecule has 5 saturated carbocycles. The highest BCUT2D eigenvalue weighted by Gasteiger charge is 2.72. The fourth-order valence-electron chi connectivity index (χ4n) is 12.9. The molecule has 10 atom stereocenters. The van der Waals surface area contributed by atoms with Gasteiger partial charge in [0.1, 0.15) is 6.10 Å². The lowest BCUT2D eigenvalue weighted by molar-refractivity contribution is -0.689. The van der Waals surface area contributed by atoms with Gasteiger partial charge in [-0.2, -0.15) is 0 Å². The van der Waals surface area contributed by atoms with Gasteiger partial charge in [-0.15, -0.1) is 0 Å². The van der Waals surface area contributed by atoms with Crippen molar-refractivity contribution in [3.8, 4) is 0 Å². The molecule has 0 unspecified atom stereocenters. The molecular formula is C38H56NO4+. The zero-order chi connectivity index (χ0) is 31.0. The fraction of sp³-hybridized carbons (Fsp3) is 0.763. The number of carbonyl (C=O) groups excluding carboxylic acids is 2. The van der Waals surface area contributed by atoms with Crippen LogP contribution in [0.5, 0.6) is 0 Å². The summed E-state index contributed by atoms with van der Waals surface area (Å²) in [7, 11) is 1.60. The molecule has 0 amide bonds. The number of hydrogen-bond acceptors (Lipinski definition) is 4. The molecule has 5 aliphatic carbocycles. The normalized spacial score (nSPS) is 44.6. The number of fused-ring (bicyclic) bond motifs is 7. The van der Waals surface area contributed by atoms with Crippen molar-refractivity contribution in [1.82, 2.24) is 0 Å². The Labute approximate surface area is 260 Å². The van der Waals surface area contributed by atoms with Gasteiger partial charge < -0.3 is 9.47 Å². The number of pyridine rings is 1. The summed E-state index contributed by atoms with van der Waals surface area (Å²) in [5.74, 6) is 2.15. The van der Waals surface area contributed by atoms with E-state index in [1.807, 2.05) is 0 Å². The van der Waals surface area contributed by atoms with E-state index in [1.165, 1.54) is 31.3 Å². The van der Waals surface area contributed by atoms with E-state index in [1.54, 1.807) is 14.0 Å². The summed E-state index contributed by atoms with van der Waals surface area (Å²) >= 11 is 0. The molecule has 0 bridgehead atoms. The van der Waals surface area contributed by atoms with E-state index in [2.05, 4.69) is 69.8 Å². The number of aromatic nitrogens is 1. The number of rotatable bonds is 5. The van der Waals surface area contributed by atoms with E-state index in [0.29, 0.717) is 23.7 Å². The molecule has 5 fully saturated rings. The van der Waals surface area contributed by atoms with E-state index in [0.717, 1.165) is 45.1 Å². The maximum absolute atomic E-state index is 13.8. The Balaban J connectivity index is 1.35. The quantitative estimate of drug-likeness (QED) is 0.200. The Kier molecular flexibility index (Phi) is 7.49. The third kappa shape index (κ3) is 4.32. The van der Waals surface area contributed by atoms with Crippen LogP contribution in [0, 0.1) is 56.7 Å². The van der Waals surface area contributed by atoms with Gasteiger partial charge in [-0.1, -0.05) is 47.3 Å². The zero-order valence-electron chi connectivity index (χ0n) is 27.9. The molecule has 0 aromatic carbocycles. The van der Waals surface area contributed by atoms with Gasteiger partial charge in [0, 0.05) is 24.5 Å². The number of carbonyl (C=O) groups is 2. The van der Waals surface area contributed by atoms with Crippen LogP contribution >= 0.6 is 0 Å². The van der Waals surface area contributed by atoms with Crippen LogP contribution in [0.4, 0.5) is 0 Å². The lowest BCUT2D eigenvalue weighted by Crippen LogP contribution is -2.67. The second kappa shape index (κ2) is 10.4. The molecule has 1 aromatic heterocycles. The summed E-state index contributed by atoms with van der Waals surface area (Å²) in [6, 6.07) is 6.22. The average Bonchev–Trinajstić information content (AvgIpc) is 3.36. The number of methoxy groups -OCH3 is 1. The summed E-state index contributed by atoms with van der Waals surface area (Å²) in [5, 5.41) is 0. The van der Waals surface area contributed by atoms with Crippen molar-refractivity contribution in [2.24, 2.45) is 56.7 Å². The van der Waals surface area contributed by atoms with Gasteiger partial charge in [-0.3, -0.25) is 9.59 Å². The Morgan fingerprint density at radius 2 is 1.56 bits per heavy atom. The first-order valence-corrected chi connectivity index (χ1v) is 17.1. The summed E-state index contributed by atoms with van der Waals surface area (Å²) in [5.41, 5.74) is 1.43. The van der Waals surface area contributed by atoms with Gasteiger partial charge in [0.25, 0.3) is 0 Å². The molecule has 0 spiro atoms. The Morgan fingerprint density at radius 3 is 2.23 bits per heavy atom. The minimum atomic E-state index is -0.387. The van der Waals surface area contributed by atoms with Gasteiger partial charge in [0.2, 0.25) is 0 Å². The van der Waals surface area contributed by atoms with Crippen molar-refractivity contribution in [1.29, 1.82) is 0 Å². The summed E-state index contributed by atoms with van der Waals surface area (Å²) in [6.07, 6.45) is 15.1. The lowest BCUT2D eigenvalue weighted by atomic mass is 9.32. The highest BCUT2D eigenvalue weighted by molar-refractivity contribution is 5.78. The van der Waals surface area contributed by atoms with Crippen LogP contribution in [0.2, 0.25) is 0 Å². The van der Waals surface area contributed by atoms with Gasteiger partial charge in [-0.25, -0.2) is 4.57 Å². The van der Waals surface area contributed by atoms with E-state index in [9.17, 15) is 9.59 Å². The first-order valence-electron chi connectivity index (χ1n) is 17.1. The van der Waals surface area contributed by atoms with E-state index >= 15 is 0 Å². The Hall–Kier alpha value is -2.17. The first kappa shape index (κ1) is 30.8. The fourth-order valence-corrected chi connectivity index (χ4v) is 12.9. The van der Waals surface area contributed by atoms with Crippen LogP contribution in [0.3, 0.4) is 0 Å². The lowest BCUT2D eigenvalue weighted by Gasteiger charge is -2.72. The second-order valence-electron chi connectivity index (χ2n) is 16.7.